The molecule has 0 aliphatic rings. The zero-order chi connectivity index (χ0) is 15.5. The molecule has 0 radical (unpaired) electrons. The van der Waals surface area contributed by atoms with Gasteiger partial charge in [-0.2, -0.15) is 5.26 Å². The summed E-state index contributed by atoms with van der Waals surface area (Å²) in [5.74, 6) is -0.0813. The summed E-state index contributed by atoms with van der Waals surface area (Å²) in [4.78, 5) is 2.21. The monoisotopic (exact) mass is 320 g/mol. The third-order valence-electron chi connectivity index (χ3n) is 3.12. The number of nitrogens with one attached hydrogen (secondary N) is 1. The van der Waals surface area contributed by atoms with Gasteiger partial charge in [0.1, 0.15) is 0 Å². The Bertz CT molecular complexity index is 749. The Morgan fingerprint density at radius 2 is 1.90 bits per heavy atom. The van der Waals surface area contributed by atoms with Gasteiger partial charge in [0, 0.05) is 16.3 Å². The second kappa shape index (κ2) is 6.39. The zero-order valence-corrected chi connectivity index (χ0v) is 13.5. The number of rotatable bonds is 5. The van der Waals surface area contributed by atoms with E-state index < -0.39 is 10.0 Å². The minimum Gasteiger partial charge on any atom is -0.212 e. The molecule has 0 fully saturated rings. The second-order valence-corrected chi connectivity index (χ2v) is 7.99. The fraction of sp³-hybridized carbons (Fsp3) is 0.267. The van der Waals surface area contributed by atoms with Crippen molar-refractivity contribution in [1.82, 2.24) is 4.72 Å². The molecule has 0 aliphatic carbocycles. The van der Waals surface area contributed by atoms with Gasteiger partial charge in [0.05, 0.1) is 17.4 Å². The van der Waals surface area contributed by atoms with Crippen LogP contribution in [0.25, 0.3) is 0 Å². The van der Waals surface area contributed by atoms with Crippen molar-refractivity contribution in [2.45, 2.75) is 26.1 Å². The van der Waals surface area contributed by atoms with Crippen LogP contribution in [-0.4, -0.2) is 8.42 Å². The lowest BCUT2D eigenvalue weighted by atomic mass is 10.2. The van der Waals surface area contributed by atoms with Crippen molar-refractivity contribution in [1.29, 1.82) is 5.26 Å². The molecule has 0 unspecified atom stereocenters. The third-order valence-corrected chi connectivity index (χ3v) is 5.57. The van der Waals surface area contributed by atoms with Crippen LogP contribution in [0.2, 0.25) is 0 Å². The standard InChI is InChI=1S/C15H16N2O2S2/c1-11-7-15(20-12(11)2)9-17-21(18,19)10-14-5-3-13(8-16)4-6-14/h3-7,17H,9-10H2,1-2H3. The molecule has 2 aromatic rings. The van der Waals surface area contributed by atoms with Gasteiger partial charge >= 0.3 is 0 Å². The van der Waals surface area contributed by atoms with Gasteiger partial charge < -0.3 is 0 Å². The maximum atomic E-state index is 12.0. The van der Waals surface area contributed by atoms with Crippen LogP contribution in [0.3, 0.4) is 0 Å². The summed E-state index contributed by atoms with van der Waals surface area (Å²) in [5.41, 5.74) is 2.37. The lowest BCUT2D eigenvalue weighted by molar-refractivity contribution is 0.581. The minimum absolute atomic E-state index is 0.0813. The van der Waals surface area contributed by atoms with Crippen LogP contribution in [0.15, 0.2) is 30.3 Å². The number of nitrogens with zero attached hydrogens (tertiary/aromatic N) is 1. The van der Waals surface area contributed by atoms with Gasteiger partial charge in [-0.3, -0.25) is 0 Å². The third kappa shape index (κ3) is 4.39. The van der Waals surface area contributed by atoms with E-state index in [0.717, 1.165) is 4.88 Å². The van der Waals surface area contributed by atoms with E-state index in [0.29, 0.717) is 17.7 Å². The van der Waals surface area contributed by atoms with Gasteiger partial charge in [0.15, 0.2) is 0 Å². The summed E-state index contributed by atoms with van der Waals surface area (Å²) < 4.78 is 26.7. The van der Waals surface area contributed by atoms with Crippen molar-refractivity contribution in [3.05, 3.63) is 56.8 Å². The summed E-state index contributed by atoms with van der Waals surface area (Å²) in [6, 6.07) is 10.6. The molecule has 110 valence electrons. The molecule has 0 amide bonds. The number of thiophene rings is 1. The van der Waals surface area contributed by atoms with Crippen molar-refractivity contribution in [3.8, 4) is 6.07 Å². The fourth-order valence-electron chi connectivity index (χ4n) is 1.86. The van der Waals surface area contributed by atoms with E-state index >= 15 is 0 Å². The first-order chi connectivity index (χ1) is 9.89. The first-order valence-corrected chi connectivity index (χ1v) is 8.89. The van der Waals surface area contributed by atoms with Gasteiger partial charge in [-0.15, -0.1) is 11.3 Å². The molecule has 0 saturated heterocycles. The first kappa shape index (κ1) is 15.7. The lowest BCUT2D eigenvalue weighted by Crippen LogP contribution is -2.24. The molecule has 0 bridgehead atoms. The Morgan fingerprint density at radius 3 is 2.43 bits per heavy atom. The summed E-state index contributed by atoms with van der Waals surface area (Å²) in [5, 5.41) is 8.72. The van der Waals surface area contributed by atoms with Crippen molar-refractivity contribution in [3.63, 3.8) is 0 Å². The van der Waals surface area contributed by atoms with Crippen LogP contribution in [0.1, 0.15) is 26.4 Å². The molecular weight excluding hydrogens is 304 g/mol. The van der Waals surface area contributed by atoms with Crippen LogP contribution < -0.4 is 4.72 Å². The van der Waals surface area contributed by atoms with Crippen LogP contribution >= 0.6 is 11.3 Å². The number of nitriles is 1. The van der Waals surface area contributed by atoms with Crippen molar-refractivity contribution >= 4 is 21.4 Å². The molecule has 2 rings (SSSR count). The number of hydrogen-bond donors (Lipinski definition) is 1. The number of hydrogen-bond acceptors (Lipinski definition) is 4. The van der Waals surface area contributed by atoms with E-state index in [4.69, 9.17) is 5.26 Å². The van der Waals surface area contributed by atoms with Crippen LogP contribution in [0.5, 0.6) is 0 Å². The largest absolute Gasteiger partial charge is 0.216 e. The number of aryl methyl sites for hydroxylation is 2. The average molecular weight is 320 g/mol. The summed E-state index contributed by atoms with van der Waals surface area (Å²) >= 11 is 1.60. The van der Waals surface area contributed by atoms with Crippen molar-refractivity contribution in [2.24, 2.45) is 0 Å². The molecule has 0 aliphatic heterocycles. The summed E-state index contributed by atoms with van der Waals surface area (Å²) in [6.45, 7) is 4.35. The maximum Gasteiger partial charge on any atom is 0.216 e. The Kier molecular flexibility index (Phi) is 4.78. The Hall–Kier alpha value is -1.68. The highest BCUT2D eigenvalue weighted by Crippen LogP contribution is 2.20. The lowest BCUT2D eigenvalue weighted by Gasteiger charge is -2.05. The van der Waals surface area contributed by atoms with E-state index in [2.05, 4.69) is 4.72 Å². The van der Waals surface area contributed by atoms with E-state index in [-0.39, 0.29) is 5.75 Å². The molecule has 0 spiro atoms. The van der Waals surface area contributed by atoms with Gasteiger partial charge in [0.2, 0.25) is 10.0 Å². The maximum absolute atomic E-state index is 12.0. The normalized spacial score (nSPS) is 11.3. The predicted octanol–water partition coefficient (Wildman–Crippen LogP) is 2.86. The Balaban J connectivity index is 1.99. The van der Waals surface area contributed by atoms with E-state index in [1.807, 2.05) is 26.0 Å². The van der Waals surface area contributed by atoms with Crippen LogP contribution in [-0.2, 0) is 22.3 Å². The van der Waals surface area contributed by atoms with Gasteiger partial charge in [-0.05, 0) is 43.2 Å². The van der Waals surface area contributed by atoms with Gasteiger partial charge in [-0.1, -0.05) is 12.1 Å². The highest BCUT2D eigenvalue weighted by molar-refractivity contribution is 7.88. The van der Waals surface area contributed by atoms with E-state index in [1.165, 1.54) is 10.4 Å². The molecule has 6 heteroatoms. The topological polar surface area (TPSA) is 70.0 Å². The van der Waals surface area contributed by atoms with Gasteiger partial charge in [-0.25, -0.2) is 13.1 Å². The molecule has 21 heavy (non-hydrogen) atoms. The number of benzene rings is 1. The van der Waals surface area contributed by atoms with E-state index in [9.17, 15) is 8.42 Å². The van der Waals surface area contributed by atoms with E-state index in [1.54, 1.807) is 35.6 Å². The molecule has 0 saturated carbocycles. The zero-order valence-electron chi connectivity index (χ0n) is 11.9. The molecule has 1 aromatic carbocycles. The quantitative estimate of drug-likeness (QED) is 0.921. The Labute approximate surface area is 129 Å². The molecular formula is C15H16N2O2S2. The van der Waals surface area contributed by atoms with Crippen molar-refractivity contribution in [2.75, 3.05) is 0 Å². The highest BCUT2D eigenvalue weighted by Gasteiger charge is 2.12. The first-order valence-electron chi connectivity index (χ1n) is 6.42. The van der Waals surface area contributed by atoms with Crippen LogP contribution in [0.4, 0.5) is 0 Å². The minimum atomic E-state index is -3.38. The molecule has 1 aromatic heterocycles. The van der Waals surface area contributed by atoms with Gasteiger partial charge in [0.25, 0.3) is 0 Å². The van der Waals surface area contributed by atoms with Crippen LogP contribution in [0, 0.1) is 25.2 Å². The smallest absolute Gasteiger partial charge is 0.212 e. The molecule has 1 heterocycles. The molecule has 4 nitrogen and oxygen atoms in total. The Morgan fingerprint density at radius 1 is 1.24 bits per heavy atom. The SMILES string of the molecule is Cc1cc(CNS(=O)(=O)Cc2ccc(C#N)cc2)sc1C. The predicted molar refractivity (Wildman–Crippen MR) is 84.4 cm³/mol. The summed E-state index contributed by atoms with van der Waals surface area (Å²) in [6.07, 6.45) is 0. The average Bonchev–Trinajstić information content (AvgIpc) is 2.76. The van der Waals surface area contributed by atoms with Crippen molar-refractivity contribution < 1.29 is 8.42 Å². The number of sulfonamides is 1. The molecule has 1 N–H and O–H groups in total. The second-order valence-electron chi connectivity index (χ2n) is 4.84. The highest BCUT2D eigenvalue weighted by atomic mass is 32.2. The molecule has 0 atom stereocenters. The summed E-state index contributed by atoms with van der Waals surface area (Å²) in [7, 11) is -3.38. The fourth-order valence-corrected chi connectivity index (χ4v) is 4.06.